The van der Waals surface area contributed by atoms with E-state index in [9.17, 15) is 9.59 Å². The molecule has 0 aliphatic heterocycles. The van der Waals surface area contributed by atoms with Crippen LogP contribution in [0.15, 0.2) is 59.6 Å². The fourth-order valence-corrected chi connectivity index (χ4v) is 4.93. The molecule has 0 spiro atoms. The Morgan fingerprint density at radius 2 is 1.48 bits per heavy atom. The predicted octanol–water partition coefficient (Wildman–Crippen LogP) is 9.29. The molecule has 1 heterocycles. The highest BCUT2D eigenvalue weighted by Gasteiger charge is 2.20. The van der Waals surface area contributed by atoms with Gasteiger partial charge < -0.3 is 24.7 Å². The first-order valence-corrected chi connectivity index (χ1v) is 15.2. The van der Waals surface area contributed by atoms with Crippen molar-refractivity contribution in [3.05, 3.63) is 69.7 Å². The molecule has 44 heavy (non-hydrogen) atoms. The maximum absolute atomic E-state index is 12.4. The van der Waals surface area contributed by atoms with E-state index in [1.807, 2.05) is 30.3 Å². The van der Waals surface area contributed by atoms with Crippen molar-refractivity contribution in [3.8, 4) is 0 Å². The molecule has 1 aromatic heterocycles. The van der Waals surface area contributed by atoms with E-state index in [-0.39, 0.29) is 5.96 Å². The number of carbonyl (C=O) groups is 2. The Balaban J connectivity index is 1.55. The lowest BCUT2D eigenvalue weighted by molar-refractivity contribution is 0.0560. The maximum Gasteiger partial charge on any atom is 0.437 e. The summed E-state index contributed by atoms with van der Waals surface area (Å²) in [6.45, 7) is 11.4. The molecule has 0 aliphatic carbocycles. The Morgan fingerprint density at radius 1 is 0.795 bits per heavy atom. The quantitative estimate of drug-likeness (QED) is 0.108. The van der Waals surface area contributed by atoms with Crippen LogP contribution in [-0.4, -0.2) is 40.5 Å². The number of halogens is 3. The van der Waals surface area contributed by atoms with E-state index in [1.54, 1.807) is 53.7 Å². The number of nitrogens with zero attached hydrogens (tertiary/aromatic N) is 2. The first kappa shape index (κ1) is 33.2. The minimum Gasteiger partial charge on any atom is -0.444 e. The fraction of sp³-hybridized carbons (Fsp3) is 0.344. The summed E-state index contributed by atoms with van der Waals surface area (Å²) in [5.41, 5.74) is 2.23. The van der Waals surface area contributed by atoms with Crippen LogP contribution in [0.4, 0.5) is 21.0 Å². The van der Waals surface area contributed by atoms with Crippen molar-refractivity contribution < 1.29 is 19.1 Å². The van der Waals surface area contributed by atoms with Crippen LogP contribution in [0.25, 0.3) is 21.8 Å². The first-order valence-electron chi connectivity index (χ1n) is 14.1. The summed E-state index contributed by atoms with van der Waals surface area (Å²) in [5, 5.41) is 12.6. The number of ether oxygens (including phenoxy) is 2. The van der Waals surface area contributed by atoms with Gasteiger partial charge in [-0.1, -0.05) is 40.9 Å². The maximum atomic E-state index is 12.4. The Bertz CT molecular complexity index is 1720. The number of aliphatic imine (C=N–C) groups is 1. The standard InChI is InChI=1S/C32H36Cl3N5O4/c1-31(2,3)43-29(41)38-28(39-30(42)44-32(4,5)6)36-14-7-15-40-26-13-8-19(33)16-23(26)22-11-9-21(18-27(22)40)37-20-10-12-24(34)25(35)17-20/h8-13,16-18,37H,7,14-15H2,1-6H3,(H2,36,38,39,41,42). The Morgan fingerprint density at radius 3 is 2.16 bits per heavy atom. The van der Waals surface area contributed by atoms with Gasteiger partial charge in [0.25, 0.3) is 0 Å². The van der Waals surface area contributed by atoms with Crippen LogP contribution >= 0.6 is 34.8 Å². The molecule has 0 bridgehead atoms. The molecule has 0 fully saturated rings. The van der Waals surface area contributed by atoms with Crippen LogP contribution in [0.1, 0.15) is 48.0 Å². The summed E-state index contributed by atoms with van der Waals surface area (Å²) >= 11 is 18.7. The highest BCUT2D eigenvalue weighted by molar-refractivity contribution is 6.42. The molecule has 0 aliphatic rings. The predicted molar refractivity (Wildman–Crippen MR) is 180 cm³/mol. The summed E-state index contributed by atoms with van der Waals surface area (Å²) in [6.07, 6.45) is -0.958. The summed E-state index contributed by atoms with van der Waals surface area (Å²) in [5.74, 6) is -0.0596. The zero-order valence-electron chi connectivity index (χ0n) is 25.5. The van der Waals surface area contributed by atoms with Crippen LogP contribution in [0.5, 0.6) is 0 Å². The lowest BCUT2D eigenvalue weighted by Gasteiger charge is -2.21. The van der Waals surface area contributed by atoms with E-state index >= 15 is 0 Å². The fourth-order valence-electron chi connectivity index (χ4n) is 4.46. The molecule has 3 N–H and O–H groups in total. The van der Waals surface area contributed by atoms with Gasteiger partial charge in [0, 0.05) is 45.8 Å². The van der Waals surface area contributed by atoms with Crippen molar-refractivity contribution in [3.63, 3.8) is 0 Å². The highest BCUT2D eigenvalue weighted by Crippen LogP contribution is 2.34. The third-order valence-corrected chi connectivity index (χ3v) is 7.08. The molecule has 12 heteroatoms. The van der Waals surface area contributed by atoms with E-state index in [0.29, 0.717) is 34.6 Å². The third kappa shape index (κ3) is 9.17. The Labute approximate surface area is 271 Å². The summed E-state index contributed by atoms with van der Waals surface area (Å²) in [4.78, 5) is 28.8. The molecule has 4 aromatic rings. The van der Waals surface area contributed by atoms with Crippen molar-refractivity contribution in [1.82, 2.24) is 15.2 Å². The molecule has 2 amide bonds. The largest absolute Gasteiger partial charge is 0.444 e. The molecule has 4 rings (SSSR count). The van der Waals surface area contributed by atoms with E-state index in [4.69, 9.17) is 44.3 Å². The van der Waals surface area contributed by atoms with Crippen LogP contribution in [0.3, 0.4) is 0 Å². The number of amides is 2. The first-order chi connectivity index (χ1) is 20.6. The van der Waals surface area contributed by atoms with Gasteiger partial charge in [-0.3, -0.25) is 5.32 Å². The molecular weight excluding hydrogens is 625 g/mol. The van der Waals surface area contributed by atoms with Crippen LogP contribution in [0, 0.1) is 0 Å². The number of alkyl carbamates (subject to hydrolysis) is 1. The molecule has 0 unspecified atom stereocenters. The minimum atomic E-state index is -0.836. The van der Waals surface area contributed by atoms with Crippen LogP contribution in [-0.2, 0) is 16.0 Å². The lowest BCUT2D eigenvalue weighted by Crippen LogP contribution is -2.44. The second kappa shape index (κ2) is 13.5. The van der Waals surface area contributed by atoms with Gasteiger partial charge >= 0.3 is 12.2 Å². The molecular formula is C32H36Cl3N5O4. The smallest absolute Gasteiger partial charge is 0.437 e. The number of carbonyl (C=O) groups excluding carboxylic acids is 2. The number of aromatic nitrogens is 1. The molecule has 0 radical (unpaired) electrons. The number of guanidine groups is 1. The van der Waals surface area contributed by atoms with Crippen molar-refractivity contribution in [2.75, 3.05) is 11.9 Å². The molecule has 3 aromatic carbocycles. The second-order valence-corrected chi connectivity index (χ2v) is 13.4. The third-order valence-electron chi connectivity index (χ3n) is 6.10. The number of aryl methyl sites for hydroxylation is 1. The van der Waals surface area contributed by atoms with Gasteiger partial charge in [0.05, 0.1) is 15.6 Å². The number of fused-ring (bicyclic) bond motifs is 3. The van der Waals surface area contributed by atoms with Gasteiger partial charge in [-0.2, -0.15) is 0 Å². The van der Waals surface area contributed by atoms with Crippen LogP contribution < -0.4 is 16.0 Å². The van der Waals surface area contributed by atoms with E-state index in [2.05, 4.69) is 37.6 Å². The summed E-state index contributed by atoms with van der Waals surface area (Å²) in [6, 6.07) is 17.3. The topological polar surface area (TPSA) is 106 Å². The van der Waals surface area contributed by atoms with Crippen molar-refractivity contribution in [2.24, 2.45) is 4.99 Å². The highest BCUT2D eigenvalue weighted by atomic mass is 35.5. The number of rotatable bonds is 6. The Hall–Kier alpha value is -3.66. The number of nitrogens with one attached hydrogen (secondary N) is 3. The zero-order chi connectivity index (χ0) is 32.2. The molecule has 234 valence electrons. The lowest BCUT2D eigenvalue weighted by atomic mass is 10.1. The zero-order valence-corrected chi connectivity index (χ0v) is 27.7. The Kier molecular flexibility index (Phi) is 10.2. The molecule has 0 atom stereocenters. The van der Waals surface area contributed by atoms with Gasteiger partial charge in [-0.05, 0) is 96.5 Å². The van der Waals surface area contributed by atoms with E-state index in [0.717, 1.165) is 33.2 Å². The van der Waals surface area contributed by atoms with Gasteiger partial charge in [0.1, 0.15) is 11.2 Å². The van der Waals surface area contributed by atoms with Gasteiger partial charge in [-0.25, -0.2) is 9.59 Å². The number of benzene rings is 3. The SMILES string of the molecule is CC(C)(C)OC(=O)/N=C(/NCCCn1c2ccc(Cl)cc2c2ccc(Nc3ccc(Cl)c(Cl)c3)cc21)NC(=O)OC(C)(C)C. The minimum absolute atomic E-state index is 0.0596. The number of hydrogen-bond acceptors (Lipinski definition) is 5. The number of anilines is 2. The van der Waals surface area contributed by atoms with Gasteiger partial charge in [0.2, 0.25) is 5.96 Å². The van der Waals surface area contributed by atoms with Crippen molar-refractivity contribution >= 4 is 86.1 Å². The monoisotopic (exact) mass is 659 g/mol. The van der Waals surface area contributed by atoms with Gasteiger partial charge in [0.15, 0.2) is 0 Å². The number of hydrogen-bond donors (Lipinski definition) is 3. The molecule has 9 nitrogen and oxygen atoms in total. The summed E-state index contributed by atoms with van der Waals surface area (Å²) in [7, 11) is 0. The summed E-state index contributed by atoms with van der Waals surface area (Å²) < 4.78 is 12.8. The van der Waals surface area contributed by atoms with Crippen molar-refractivity contribution in [1.29, 1.82) is 0 Å². The molecule has 0 saturated heterocycles. The van der Waals surface area contributed by atoms with Gasteiger partial charge in [-0.15, -0.1) is 4.99 Å². The second-order valence-electron chi connectivity index (χ2n) is 12.1. The van der Waals surface area contributed by atoms with Crippen LogP contribution in [0.2, 0.25) is 15.1 Å². The van der Waals surface area contributed by atoms with E-state index in [1.165, 1.54) is 0 Å². The van der Waals surface area contributed by atoms with E-state index < -0.39 is 23.4 Å². The van der Waals surface area contributed by atoms with Crippen molar-refractivity contribution in [2.45, 2.75) is 65.7 Å². The normalized spacial score (nSPS) is 12.3. The average Bonchev–Trinajstić information content (AvgIpc) is 3.18. The molecule has 0 saturated carbocycles. The average molecular weight is 661 g/mol.